The molecule has 1 atom stereocenters. The molecule has 5 nitrogen and oxygen atoms in total. The zero-order valence-corrected chi connectivity index (χ0v) is 15.5. The normalized spacial score (nSPS) is 14.5. The Labute approximate surface area is 155 Å². The van der Waals surface area contributed by atoms with Crippen LogP contribution in [0.5, 0.6) is 5.75 Å². The van der Waals surface area contributed by atoms with Gasteiger partial charge in [-0.2, -0.15) is 0 Å². The van der Waals surface area contributed by atoms with E-state index in [4.69, 9.17) is 4.74 Å². The molecule has 0 bridgehead atoms. The number of nitrogens with one attached hydrogen (secondary N) is 1. The van der Waals surface area contributed by atoms with Crippen LogP contribution in [0.1, 0.15) is 24.9 Å². The standard InChI is InChI=1S/C19H19BrN2O3/c1-13(14-6-8-15(20)9-7-14)21-18(23)10-11-22-16-4-2-3-5-17(16)25-12-19(22)24/h2-9,13H,10-12H2,1H3,(H,21,23)/t13-/m0/s1. The maximum atomic E-state index is 12.3. The van der Waals surface area contributed by atoms with Gasteiger partial charge in [0.05, 0.1) is 11.7 Å². The van der Waals surface area contributed by atoms with Crippen molar-refractivity contribution < 1.29 is 14.3 Å². The lowest BCUT2D eigenvalue weighted by atomic mass is 10.1. The van der Waals surface area contributed by atoms with Gasteiger partial charge >= 0.3 is 0 Å². The van der Waals surface area contributed by atoms with Crippen LogP contribution in [0, 0.1) is 0 Å². The second-order valence-electron chi connectivity index (χ2n) is 5.89. The van der Waals surface area contributed by atoms with Gasteiger partial charge in [-0.15, -0.1) is 0 Å². The second-order valence-corrected chi connectivity index (χ2v) is 6.81. The summed E-state index contributed by atoms with van der Waals surface area (Å²) in [5.74, 6) is 0.449. The Kier molecular flexibility index (Phi) is 5.38. The van der Waals surface area contributed by atoms with Gasteiger partial charge in [0, 0.05) is 17.4 Å². The van der Waals surface area contributed by atoms with Crippen molar-refractivity contribution in [2.75, 3.05) is 18.1 Å². The molecule has 2 aromatic rings. The average molecular weight is 403 g/mol. The van der Waals surface area contributed by atoms with Gasteiger partial charge in [-0.05, 0) is 36.8 Å². The minimum Gasteiger partial charge on any atom is -0.482 e. The fourth-order valence-corrected chi connectivity index (χ4v) is 3.03. The van der Waals surface area contributed by atoms with Crippen LogP contribution in [0.3, 0.4) is 0 Å². The summed E-state index contributed by atoms with van der Waals surface area (Å²) in [5.41, 5.74) is 1.75. The number of rotatable bonds is 5. The topological polar surface area (TPSA) is 58.6 Å². The Bertz CT molecular complexity index is 776. The molecule has 0 spiro atoms. The van der Waals surface area contributed by atoms with E-state index >= 15 is 0 Å². The summed E-state index contributed by atoms with van der Waals surface area (Å²) in [4.78, 5) is 26.0. The van der Waals surface area contributed by atoms with Crippen molar-refractivity contribution in [2.24, 2.45) is 0 Å². The number of para-hydroxylation sites is 2. The number of anilines is 1. The number of carbonyl (C=O) groups excluding carboxylic acids is 2. The Morgan fingerprint density at radius 1 is 1.24 bits per heavy atom. The molecule has 1 N–H and O–H groups in total. The van der Waals surface area contributed by atoms with E-state index in [1.165, 1.54) is 0 Å². The van der Waals surface area contributed by atoms with Gasteiger partial charge in [0.25, 0.3) is 5.91 Å². The van der Waals surface area contributed by atoms with Gasteiger partial charge in [0.2, 0.25) is 5.91 Å². The molecule has 3 rings (SSSR count). The summed E-state index contributed by atoms with van der Waals surface area (Å²) in [7, 11) is 0. The number of amides is 2. The van der Waals surface area contributed by atoms with Crippen LogP contribution in [-0.2, 0) is 9.59 Å². The maximum absolute atomic E-state index is 12.3. The number of ether oxygens (including phenoxy) is 1. The van der Waals surface area contributed by atoms with Crippen LogP contribution in [-0.4, -0.2) is 25.0 Å². The molecular weight excluding hydrogens is 384 g/mol. The summed E-state index contributed by atoms with van der Waals surface area (Å²) >= 11 is 3.40. The van der Waals surface area contributed by atoms with E-state index in [9.17, 15) is 9.59 Å². The summed E-state index contributed by atoms with van der Waals surface area (Å²) < 4.78 is 6.41. The molecule has 0 aliphatic carbocycles. The molecule has 0 saturated carbocycles. The molecule has 0 saturated heterocycles. The highest BCUT2D eigenvalue weighted by atomic mass is 79.9. The minimum atomic E-state index is -0.132. The highest BCUT2D eigenvalue weighted by Gasteiger charge is 2.25. The molecule has 6 heteroatoms. The van der Waals surface area contributed by atoms with Crippen molar-refractivity contribution in [2.45, 2.75) is 19.4 Å². The third kappa shape index (κ3) is 4.20. The first-order valence-corrected chi connectivity index (χ1v) is 8.91. The van der Waals surface area contributed by atoms with Gasteiger partial charge < -0.3 is 15.0 Å². The van der Waals surface area contributed by atoms with E-state index in [-0.39, 0.29) is 30.9 Å². The largest absolute Gasteiger partial charge is 0.482 e. The first-order valence-electron chi connectivity index (χ1n) is 8.11. The van der Waals surface area contributed by atoms with E-state index in [2.05, 4.69) is 21.2 Å². The van der Waals surface area contributed by atoms with Crippen LogP contribution in [0.25, 0.3) is 0 Å². The van der Waals surface area contributed by atoms with Crippen molar-refractivity contribution in [3.63, 3.8) is 0 Å². The highest BCUT2D eigenvalue weighted by Crippen LogP contribution is 2.31. The van der Waals surface area contributed by atoms with E-state index in [1.807, 2.05) is 55.5 Å². The van der Waals surface area contributed by atoms with Crippen LogP contribution in [0.4, 0.5) is 5.69 Å². The number of fused-ring (bicyclic) bond motifs is 1. The molecule has 0 unspecified atom stereocenters. The monoisotopic (exact) mass is 402 g/mol. The fraction of sp³-hybridized carbons (Fsp3) is 0.263. The van der Waals surface area contributed by atoms with Gasteiger partial charge in [-0.25, -0.2) is 0 Å². The average Bonchev–Trinajstić information content (AvgIpc) is 2.61. The van der Waals surface area contributed by atoms with Crippen LogP contribution in [0.2, 0.25) is 0 Å². The molecule has 1 aliphatic rings. The summed E-state index contributed by atoms with van der Waals surface area (Å²) in [6.07, 6.45) is 0.237. The predicted octanol–water partition coefficient (Wildman–Crippen LogP) is 3.44. The molecule has 130 valence electrons. The van der Waals surface area contributed by atoms with E-state index in [1.54, 1.807) is 4.90 Å². The first-order chi connectivity index (χ1) is 12.0. The molecule has 25 heavy (non-hydrogen) atoms. The van der Waals surface area contributed by atoms with E-state index < -0.39 is 0 Å². The third-order valence-corrected chi connectivity index (χ3v) is 4.65. The number of nitrogens with zero attached hydrogens (tertiary/aromatic N) is 1. The van der Waals surface area contributed by atoms with Crippen LogP contribution < -0.4 is 15.0 Å². The lowest BCUT2D eigenvalue weighted by Crippen LogP contribution is -2.41. The lowest BCUT2D eigenvalue weighted by molar-refractivity contribution is -0.122. The number of halogens is 1. The van der Waals surface area contributed by atoms with Crippen LogP contribution in [0.15, 0.2) is 53.0 Å². The van der Waals surface area contributed by atoms with Gasteiger partial charge in [0.1, 0.15) is 5.75 Å². The second kappa shape index (κ2) is 7.70. The molecular formula is C19H19BrN2O3. The molecule has 1 aliphatic heterocycles. The molecule has 0 radical (unpaired) electrons. The number of carbonyl (C=O) groups is 2. The van der Waals surface area contributed by atoms with Gasteiger partial charge in [0.15, 0.2) is 6.61 Å². The van der Waals surface area contributed by atoms with E-state index in [0.29, 0.717) is 18.0 Å². The Balaban J connectivity index is 1.59. The highest BCUT2D eigenvalue weighted by molar-refractivity contribution is 9.10. The number of benzene rings is 2. The minimum absolute atomic E-state index is 0.00787. The number of hydrogen-bond acceptors (Lipinski definition) is 3. The Morgan fingerprint density at radius 2 is 1.96 bits per heavy atom. The van der Waals surface area contributed by atoms with Gasteiger partial charge in [-0.3, -0.25) is 9.59 Å². The molecule has 2 aromatic carbocycles. The van der Waals surface area contributed by atoms with E-state index in [0.717, 1.165) is 10.0 Å². The van der Waals surface area contributed by atoms with Crippen LogP contribution >= 0.6 is 15.9 Å². The third-order valence-electron chi connectivity index (χ3n) is 4.12. The summed E-state index contributed by atoms with van der Waals surface area (Å²) in [5, 5.41) is 2.97. The molecule has 0 aromatic heterocycles. The zero-order chi connectivity index (χ0) is 17.8. The molecule has 2 amide bonds. The van der Waals surface area contributed by atoms with Gasteiger partial charge in [-0.1, -0.05) is 40.2 Å². The zero-order valence-electron chi connectivity index (χ0n) is 13.9. The van der Waals surface area contributed by atoms with Crippen molar-refractivity contribution in [3.8, 4) is 5.75 Å². The van der Waals surface area contributed by atoms with Crippen molar-refractivity contribution >= 4 is 33.4 Å². The lowest BCUT2D eigenvalue weighted by Gasteiger charge is -2.29. The van der Waals surface area contributed by atoms with Crippen molar-refractivity contribution in [1.82, 2.24) is 5.32 Å². The Morgan fingerprint density at radius 3 is 2.72 bits per heavy atom. The fourth-order valence-electron chi connectivity index (χ4n) is 2.76. The molecule has 1 heterocycles. The quantitative estimate of drug-likeness (QED) is 0.832. The van der Waals surface area contributed by atoms with Crippen molar-refractivity contribution in [3.05, 3.63) is 58.6 Å². The molecule has 0 fully saturated rings. The predicted molar refractivity (Wildman–Crippen MR) is 99.6 cm³/mol. The number of hydrogen-bond donors (Lipinski definition) is 1. The summed E-state index contributed by atoms with van der Waals surface area (Å²) in [6, 6.07) is 15.1. The Hall–Kier alpha value is -2.34. The SMILES string of the molecule is C[C@H](NC(=O)CCN1C(=O)COc2ccccc21)c1ccc(Br)cc1. The smallest absolute Gasteiger partial charge is 0.265 e. The maximum Gasteiger partial charge on any atom is 0.265 e. The first kappa shape index (κ1) is 17.5. The summed E-state index contributed by atoms with van der Waals surface area (Å²) in [6.45, 7) is 2.28. The van der Waals surface area contributed by atoms with Crippen molar-refractivity contribution in [1.29, 1.82) is 0 Å².